The van der Waals surface area contributed by atoms with Gasteiger partial charge in [0.15, 0.2) is 5.96 Å². The Labute approximate surface area is 168 Å². The fourth-order valence-corrected chi connectivity index (χ4v) is 2.86. The summed E-state index contributed by atoms with van der Waals surface area (Å²) in [5, 5.41) is 3.24. The second-order valence-electron chi connectivity index (χ2n) is 6.61. The summed E-state index contributed by atoms with van der Waals surface area (Å²) >= 11 is 0. The first-order valence-electron chi connectivity index (χ1n) is 8.60. The molecule has 1 aliphatic heterocycles. The maximum absolute atomic E-state index is 5.87. The fraction of sp³-hybridized carbons (Fsp3) is 0.526. The number of hydrogen-bond acceptors (Lipinski definition) is 3. The van der Waals surface area contributed by atoms with Crippen LogP contribution in [0.15, 0.2) is 41.4 Å². The quantitative estimate of drug-likeness (QED) is 0.286. The first kappa shape index (κ1) is 21.8. The van der Waals surface area contributed by atoms with Gasteiger partial charge >= 0.3 is 0 Å². The average Bonchev–Trinajstić information content (AvgIpc) is 2.60. The van der Waals surface area contributed by atoms with Crippen molar-refractivity contribution >= 4 is 29.9 Å². The van der Waals surface area contributed by atoms with Crippen LogP contribution in [0.1, 0.15) is 25.3 Å². The molecule has 0 spiro atoms. The Hall–Kier alpha value is -1.28. The summed E-state index contributed by atoms with van der Waals surface area (Å²) in [5.74, 6) is 2.10. The molecule has 1 heterocycles. The Bertz CT molecular complexity index is 551. The molecule has 6 heteroatoms. The molecule has 0 unspecified atom stereocenters. The first-order valence-corrected chi connectivity index (χ1v) is 8.60. The van der Waals surface area contributed by atoms with E-state index in [4.69, 9.17) is 10.5 Å². The minimum Gasteiger partial charge on any atom is -0.497 e. The van der Waals surface area contributed by atoms with Crippen molar-refractivity contribution in [3.63, 3.8) is 0 Å². The second-order valence-corrected chi connectivity index (χ2v) is 6.61. The van der Waals surface area contributed by atoms with E-state index in [1.54, 1.807) is 7.11 Å². The number of rotatable bonds is 7. The number of nitrogens with two attached hydrogens (primary N) is 1. The van der Waals surface area contributed by atoms with Gasteiger partial charge in [0, 0.05) is 13.1 Å². The summed E-state index contributed by atoms with van der Waals surface area (Å²) in [5.41, 5.74) is 8.23. The van der Waals surface area contributed by atoms with Crippen LogP contribution in [0.2, 0.25) is 0 Å². The van der Waals surface area contributed by atoms with Crippen molar-refractivity contribution in [3.8, 4) is 5.75 Å². The van der Waals surface area contributed by atoms with Crippen LogP contribution in [-0.4, -0.2) is 44.1 Å². The molecule has 3 N–H and O–H groups in total. The molecule has 5 nitrogen and oxygen atoms in total. The summed E-state index contributed by atoms with van der Waals surface area (Å²) in [7, 11) is 1.70. The maximum atomic E-state index is 5.87. The molecule has 1 fully saturated rings. The van der Waals surface area contributed by atoms with E-state index in [2.05, 4.69) is 33.9 Å². The first-order chi connectivity index (χ1) is 11.6. The number of nitrogens with one attached hydrogen (secondary N) is 1. The Morgan fingerprint density at radius 2 is 1.96 bits per heavy atom. The standard InChI is InChI=1S/C19H30N4O.HI/c1-15(2)12-21-19(20)22-13-16-8-10-23(11-9-16)14-17-4-6-18(24-3)7-5-17;/h4-7,16H,1,8-14H2,2-3H3,(H3,20,21,22);1H. The van der Waals surface area contributed by atoms with Crippen LogP contribution < -0.4 is 15.8 Å². The largest absolute Gasteiger partial charge is 0.497 e. The van der Waals surface area contributed by atoms with Crippen molar-refractivity contribution in [2.45, 2.75) is 26.3 Å². The Morgan fingerprint density at radius 1 is 1.32 bits per heavy atom. The third kappa shape index (κ3) is 8.09. The molecule has 1 saturated heterocycles. The van der Waals surface area contributed by atoms with Gasteiger partial charge in [-0.3, -0.25) is 4.90 Å². The van der Waals surface area contributed by atoms with E-state index in [0.29, 0.717) is 18.4 Å². The van der Waals surface area contributed by atoms with E-state index in [-0.39, 0.29) is 24.0 Å². The molecule has 0 aliphatic carbocycles. The zero-order valence-corrected chi connectivity index (χ0v) is 17.7. The molecule has 0 saturated carbocycles. The number of benzene rings is 1. The zero-order chi connectivity index (χ0) is 17.4. The lowest BCUT2D eigenvalue weighted by atomic mass is 9.96. The predicted octanol–water partition coefficient (Wildman–Crippen LogP) is 3.01. The van der Waals surface area contributed by atoms with Crippen LogP contribution in [-0.2, 0) is 6.54 Å². The van der Waals surface area contributed by atoms with Gasteiger partial charge in [0.05, 0.1) is 13.7 Å². The molecule has 0 atom stereocenters. The summed E-state index contributed by atoms with van der Waals surface area (Å²) < 4.78 is 5.20. The number of guanidine groups is 1. The number of piperidine rings is 1. The van der Waals surface area contributed by atoms with Gasteiger partial charge < -0.3 is 15.8 Å². The molecule has 1 aliphatic rings. The third-order valence-electron chi connectivity index (χ3n) is 4.36. The molecule has 2 rings (SSSR count). The van der Waals surface area contributed by atoms with Crippen molar-refractivity contribution in [1.82, 2.24) is 10.2 Å². The molecule has 140 valence electrons. The van der Waals surface area contributed by atoms with Gasteiger partial charge in [-0.2, -0.15) is 0 Å². The highest BCUT2D eigenvalue weighted by Gasteiger charge is 2.19. The van der Waals surface area contributed by atoms with Gasteiger partial charge in [-0.15, -0.1) is 24.0 Å². The monoisotopic (exact) mass is 458 g/mol. The van der Waals surface area contributed by atoms with Gasteiger partial charge in [0.1, 0.15) is 5.75 Å². The number of ether oxygens (including phenoxy) is 1. The van der Waals surface area contributed by atoms with E-state index in [1.165, 1.54) is 18.4 Å². The van der Waals surface area contributed by atoms with Gasteiger partial charge in [0.25, 0.3) is 0 Å². The molecule has 0 bridgehead atoms. The molecule has 25 heavy (non-hydrogen) atoms. The highest BCUT2D eigenvalue weighted by Crippen LogP contribution is 2.19. The zero-order valence-electron chi connectivity index (χ0n) is 15.3. The summed E-state index contributed by atoms with van der Waals surface area (Å²) in [6.45, 7) is 10.5. The van der Waals surface area contributed by atoms with E-state index in [0.717, 1.165) is 37.5 Å². The van der Waals surface area contributed by atoms with E-state index in [9.17, 15) is 0 Å². The normalized spacial score (nSPS) is 16.2. The fourth-order valence-electron chi connectivity index (χ4n) is 2.86. The van der Waals surface area contributed by atoms with Gasteiger partial charge in [0.2, 0.25) is 0 Å². The molecule has 1 aromatic rings. The lowest BCUT2D eigenvalue weighted by Crippen LogP contribution is -2.40. The number of hydrogen-bond donors (Lipinski definition) is 2. The number of halogens is 1. The highest BCUT2D eigenvalue weighted by molar-refractivity contribution is 14.0. The molecule has 1 aromatic carbocycles. The van der Waals surface area contributed by atoms with Crippen molar-refractivity contribution in [1.29, 1.82) is 0 Å². The lowest BCUT2D eigenvalue weighted by Gasteiger charge is -2.32. The van der Waals surface area contributed by atoms with Gasteiger partial charge in [-0.25, -0.2) is 4.99 Å². The molecular formula is C19H31IN4O. The van der Waals surface area contributed by atoms with Crippen LogP contribution in [0.5, 0.6) is 5.75 Å². The molecule has 0 amide bonds. The third-order valence-corrected chi connectivity index (χ3v) is 4.36. The molecular weight excluding hydrogens is 427 g/mol. The van der Waals surface area contributed by atoms with Crippen molar-refractivity contribution in [2.24, 2.45) is 16.6 Å². The van der Waals surface area contributed by atoms with Crippen LogP contribution >= 0.6 is 24.0 Å². The number of nitrogens with zero attached hydrogens (tertiary/aromatic N) is 2. The Kier molecular flexibility index (Phi) is 9.89. The lowest BCUT2D eigenvalue weighted by molar-refractivity contribution is 0.178. The smallest absolute Gasteiger partial charge is 0.188 e. The second kappa shape index (κ2) is 11.4. The van der Waals surface area contributed by atoms with Crippen LogP contribution in [0.25, 0.3) is 0 Å². The Morgan fingerprint density at radius 3 is 2.52 bits per heavy atom. The molecule has 0 aromatic heterocycles. The molecule has 0 radical (unpaired) electrons. The SMILES string of the molecule is C=C(C)CN=C(N)NCC1CCN(Cc2ccc(OC)cc2)CC1.I. The number of likely N-dealkylation sites (tertiary alicyclic amines) is 1. The minimum atomic E-state index is 0. The number of methoxy groups -OCH3 is 1. The topological polar surface area (TPSA) is 62.9 Å². The average molecular weight is 458 g/mol. The van der Waals surface area contributed by atoms with Gasteiger partial charge in [-0.1, -0.05) is 24.3 Å². The summed E-state index contributed by atoms with van der Waals surface area (Å²) in [6, 6.07) is 8.34. The Balaban J connectivity index is 0.00000312. The van der Waals surface area contributed by atoms with Crippen molar-refractivity contribution in [3.05, 3.63) is 42.0 Å². The highest BCUT2D eigenvalue weighted by atomic mass is 127. The maximum Gasteiger partial charge on any atom is 0.188 e. The van der Waals surface area contributed by atoms with E-state index in [1.807, 2.05) is 19.1 Å². The summed E-state index contributed by atoms with van der Waals surface area (Å²) in [6.07, 6.45) is 2.38. The number of aliphatic imine (C=N–C) groups is 1. The minimum absolute atomic E-state index is 0. The van der Waals surface area contributed by atoms with E-state index < -0.39 is 0 Å². The van der Waals surface area contributed by atoms with Crippen LogP contribution in [0.4, 0.5) is 0 Å². The van der Waals surface area contributed by atoms with Crippen molar-refractivity contribution in [2.75, 3.05) is 33.3 Å². The summed E-state index contributed by atoms with van der Waals surface area (Å²) in [4.78, 5) is 6.77. The van der Waals surface area contributed by atoms with Crippen LogP contribution in [0.3, 0.4) is 0 Å². The van der Waals surface area contributed by atoms with Gasteiger partial charge in [-0.05, 0) is 56.5 Å². The predicted molar refractivity (Wildman–Crippen MR) is 116 cm³/mol. The van der Waals surface area contributed by atoms with Crippen molar-refractivity contribution < 1.29 is 4.74 Å². The van der Waals surface area contributed by atoms with E-state index >= 15 is 0 Å². The van der Waals surface area contributed by atoms with Crippen LogP contribution in [0, 0.1) is 5.92 Å².